The SMILES string of the molecule is CC1(C)C=CC=C(c2cccc(O)c2C(=O)O)C=C1. The van der Waals surface area contributed by atoms with Gasteiger partial charge in [0.25, 0.3) is 0 Å². The smallest absolute Gasteiger partial charge is 0.340 e. The molecule has 0 aromatic heterocycles. The number of hydrogen-bond donors (Lipinski definition) is 2. The Kier molecular flexibility index (Phi) is 3.30. The predicted molar refractivity (Wildman–Crippen MR) is 75.1 cm³/mol. The standard InChI is InChI=1S/C16H16O3/c1-16(2)9-4-5-11(8-10-16)12-6-3-7-13(17)14(12)15(18)19/h3-10,17H,1-2H3,(H,18,19). The maximum atomic E-state index is 11.3. The van der Waals surface area contributed by atoms with Gasteiger partial charge in [-0.15, -0.1) is 0 Å². The molecule has 0 saturated carbocycles. The van der Waals surface area contributed by atoms with E-state index in [0.29, 0.717) is 5.56 Å². The van der Waals surface area contributed by atoms with Gasteiger partial charge in [0.15, 0.2) is 0 Å². The lowest BCUT2D eigenvalue weighted by Gasteiger charge is -2.13. The van der Waals surface area contributed by atoms with E-state index in [0.717, 1.165) is 5.57 Å². The van der Waals surface area contributed by atoms with Crippen LogP contribution in [-0.2, 0) is 0 Å². The number of aromatic carboxylic acids is 1. The number of carboxylic acids is 1. The first-order chi connectivity index (χ1) is 8.91. The first-order valence-corrected chi connectivity index (χ1v) is 6.05. The van der Waals surface area contributed by atoms with Crippen LogP contribution in [-0.4, -0.2) is 16.2 Å². The summed E-state index contributed by atoms with van der Waals surface area (Å²) in [6.45, 7) is 4.13. The van der Waals surface area contributed by atoms with E-state index in [1.807, 2.05) is 30.4 Å². The van der Waals surface area contributed by atoms with Crippen molar-refractivity contribution in [2.45, 2.75) is 13.8 Å². The van der Waals surface area contributed by atoms with Crippen molar-refractivity contribution >= 4 is 11.5 Å². The molecule has 1 aromatic carbocycles. The van der Waals surface area contributed by atoms with Gasteiger partial charge in [-0.05, 0) is 17.2 Å². The molecule has 1 aliphatic carbocycles. The first-order valence-electron chi connectivity index (χ1n) is 6.05. The summed E-state index contributed by atoms with van der Waals surface area (Å²) in [6.07, 6.45) is 9.70. The van der Waals surface area contributed by atoms with E-state index in [4.69, 9.17) is 0 Å². The van der Waals surface area contributed by atoms with Crippen LogP contribution < -0.4 is 0 Å². The minimum Gasteiger partial charge on any atom is -0.507 e. The largest absolute Gasteiger partial charge is 0.507 e. The van der Waals surface area contributed by atoms with Crippen LogP contribution in [0.2, 0.25) is 0 Å². The Balaban J connectivity index is 2.55. The number of carboxylic acid groups (broad SMARTS) is 1. The van der Waals surface area contributed by atoms with Crippen LogP contribution in [0.25, 0.3) is 5.57 Å². The molecule has 1 aromatic rings. The zero-order valence-electron chi connectivity index (χ0n) is 10.9. The van der Waals surface area contributed by atoms with E-state index in [-0.39, 0.29) is 16.7 Å². The maximum absolute atomic E-state index is 11.3. The fourth-order valence-corrected chi connectivity index (χ4v) is 2.00. The highest BCUT2D eigenvalue weighted by molar-refractivity contribution is 5.98. The molecule has 0 fully saturated rings. The first kappa shape index (κ1) is 13.1. The number of allylic oxidation sites excluding steroid dienone is 6. The summed E-state index contributed by atoms with van der Waals surface area (Å²) in [4.78, 5) is 11.3. The molecule has 0 bridgehead atoms. The highest BCUT2D eigenvalue weighted by Gasteiger charge is 2.18. The van der Waals surface area contributed by atoms with Crippen LogP contribution in [0.1, 0.15) is 29.8 Å². The van der Waals surface area contributed by atoms with Crippen molar-refractivity contribution in [2.75, 3.05) is 0 Å². The van der Waals surface area contributed by atoms with Crippen molar-refractivity contribution in [2.24, 2.45) is 5.41 Å². The van der Waals surface area contributed by atoms with Gasteiger partial charge in [-0.2, -0.15) is 0 Å². The Bertz CT molecular complexity index is 604. The van der Waals surface area contributed by atoms with Crippen molar-refractivity contribution < 1.29 is 15.0 Å². The van der Waals surface area contributed by atoms with Gasteiger partial charge in [-0.1, -0.05) is 56.4 Å². The van der Waals surface area contributed by atoms with E-state index >= 15 is 0 Å². The summed E-state index contributed by atoms with van der Waals surface area (Å²) in [6, 6.07) is 4.73. The molecule has 19 heavy (non-hydrogen) atoms. The molecule has 0 saturated heterocycles. The van der Waals surface area contributed by atoms with Crippen LogP contribution in [0.3, 0.4) is 0 Å². The third-order valence-electron chi connectivity index (χ3n) is 3.06. The van der Waals surface area contributed by atoms with Crippen molar-refractivity contribution in [1.82, 2.24) is 0 Å². The molecule has 0 atom stereocenters. The zero-order chi connectivity index (χ0) is 14.0. The molecule has 0 radical (unpaired) electrons. The average Bonchev–Trinajstić information content (AvgIpc) is 2.49. The number of carbonyl (C=O) groups is 1. The lowest BCUT2D eigenvalue weighted by atomic mass is 9.92. The fraction of sp³-hybridized carbons (Fsp3) is 0.188. The van der Waals surface area contributed by atoms with Gasteiger partial charge in [-0.25, -0.2) is 4.79 Å². The average molecular weight is 256 g/mol. The van der Waals surface area contributed by atoms with Crippen LogP contribution in [0, 0.1) is 5.41 Å². The Labute approximate surface area is 112 Å². The van der Waals surface area contributed by atoms with Crippen molar-refractivity contribution in [3.8, 4) is 5.75 Å². The summed E-state index contributed by atoms with van der Waals surface area (Å²) < 4.78 is 0. The van der Waals surface area contributed by atoms with E-state index in [2.05, 4.69) is 13.8 Å². The summed E-state index contributed by atoms with van der Waals surface area (Å²) in [7, 11) is 0. The van der Waals surface area contributed by atoms with Gasteiger partial charge in [0.2, 0.25) is 0 Å². The predicted octanol–water partition coefficient (Wildman–Crippen LogP) is 3.63. The molecule has 3 heteroatoms. The molecular formula is C16H16O3. The van der Waals surface area contributed by atoms with Crippen LogP contribution in [0.4, 0.5) is 0 Å². The number of rotatable bonds is 2. The van der Waals surface area contributed by atoms with Gasteiger partial charge in [0, 0.05) is 5.41 Å². The second kappa shape index (κ2) is 4.76. The molecule has 2 rings (SSSR count). The number of aromatic hydroxyl groups is 1. The lowest BCUT2D eigenvalue weighted by Crippen LogP contribution is -2.02. The Morgan fingerprint density at radius 2 is 1.95 bits per heavy atom. The normalized spacial score (nSPS) is 16.8. The molecule has 0 aliphatic heterocycles. The van der Waals surface area contributed by atoms with E-state index < -0.39 is 5.97 Å². The van der Waals surface area contributed by atoms with Crippen molar-refractivity contribution in [1.29, 1.82) is 0 Å². The quantitative estimate of drug-likeness (QED) is 0.849. The van der Waals surface area contributed by atoms with E-state index in [1.165, 1.54) is 6.07 Å². The molecular weight excluding hydrogens is 240 g/mol. The van der Waals surface area contributed by atoms with Crippen molar-refractivity contribution in [3.63, 3.8) is 0 Å². The Hall–Kier alpha value is -2.29. The molecule has 0 amide bonds. The summed E-state index contributed by atoms with van der Waals surface area (Å²) in [5.74, 6) is -1.35. The van der Waals surface area contributed by atoms with Gasteiger partial charge in [0.1, 0.15) is 11.3 Å². The number of benzene rings is 1. The topological polar surface area (TPSA) is 57.5 Å². The highest BCUT2D eigenvalue weighted by Crippen LogP contribution is 2.31. The molecule has 98 valence electrons. The minimum atomic E-state index is -1.13. The Morgan fingerprint density at radius 3 is 2.63 bits per heavy atom. The molecule has 0 unspecified atom stereocenters. The number of phenols is 1. The third kappa shape index (κ3) is 2.76. The Morgan fingerprint density at radius 1 is 1.21 bits per heavy atom. The van der Waals surface area contributed by atoms with Gasteiger partial charge in [0.05, 0.1) is 0 Å². The van der Waals surface area contributed by atoms with E-state index in [1.54, 1.807) is 12.1 Å². The summed E-state index contributed by atoms with van der Waals surface area (Å²) >= 11 is 0. The monoisotopic (exact) mass is 256 g/mol. The summed E-state index contributed by atoms with van der Waals surface area (Å²) in [5.41, 5.74) is 1.16. The van der Waals surface area contributed by atoms with Gasteiger partial charge in [-0.3, -0.25) is 0 Å². The lowest BCUT2D eigenvalue weighted by molar-refractivity contribution is 0.0693. The number of hydrogen-bond acceptors (Lipinski definition) is 2. The minimum absolute atomic E-state index is 0.0634. The molecule has 0 heterocycles. The van der Waals surface area contributed by atoms with E-state index in [9.17, 15) is 15.0 Å². The zero-order valence-corrected chi connectivity index (χ0v) is 10.9. The highest BCUT2D eigenvalue weighted by atomic mass is 16.4. The second-order valence-electron chi connectivity index (χ2n) is 5.14. The second-order valence-corrected chi connectivity index (χ2v) is 5.14. The molecule has 2 N–H and O–H groups in total. The van der Waals surface area contributed by atoms with Gasteiger partial charge < -0.3 is 10.2 Å². The maximum Gasteiger partial charge on any atom is 0.340 e. The van der Waals surface area contributed by atoms with Crippen LogP contribution in [0.15, 0.2) is 48.6 Å². The van der Waals surface area contributed by atoms with Gasteiger partial charge >= 0.3 is 5.97 Å². The summed E-state index contributed by atoms with van der Waals surface area (Å²) in [5, 5.41) is 18.9. The van der Waals surface area contributed by atoms with Crippen LogP contribution in [0.5, 0.6) is 5.75 Å². The van der Waals surface area contributed by atoms with Crippen molar-refractivity contribution in [3.05, 3.63) is 59.7 Å². The molecule has 0 spiro atoms. The molecule has 1 aliphatic rings. The van der Waals surface area contributed by atoms with Crippen LogP contribution >= 0.6 is 0 Å². The molecule has 3 nitrogen and oxygen atoms in total. The fourth-order valence-electron chi connectivity index (χ4n) is 2.00. The third-order valence-corrected chi connectivity index (χ3v) is 3.06.